The highest BCUT2D eigenvalue weighted by molar-refractivity contribution is 5.95. The zero-order chi connectivity index (χ0) is 16.6. The number of benzene rings is 1. The Morgan fingerprint density at radius 1 is 1.26 bits per heavy atom. The first-order chi connectivity index (χ1) is 11.0. The summed E-state index contributed by atoms with van der Waals surface area (Å²) in [4.78, 5) is 17.4. The molecule has 2 fully saturated rings. The quantitative estimate of drug-likeness (QED) is 0.835. The number of carbonyl (C=O) groups excluding carboxylic acids is 1. The second-order valence-electron chi connectivity index (χ2n) is 6.67. The smallest absolute Gasteiger partial charge is 0.254 e. The van der Waals surface area contributed by atoms with Crippen molar-refractivity contribution in [3.8, 4) is 5.75 Å². The van der Waals surface area contributed by atoms with E-state index in [1.165, 1.54) is 0 Å². The van der Waals surface area contributed by atoms with E-state index in [1.54, 1.807) is 7.11 Å². The summed E-state index contributed by atoms with van der Waals surface area (Å²) in [5.41, 5.74) is 2.75. The zero-order valence-corrected chi connectivity index (χ0v) is 14.5. The van der Waals surface area contributed by atoms with Gasteiger partial charge in [-0.05, 0) is 50.6 Å². The Labute approximate surface area is 138 Å². The third-order valence-electron chi connectivity index (χ3n) is 4.96. The third kappa shape index (κ3) is 3.08. The van der Waals surface area contributed by atoms with Gasteiger partial charge in [0.1, 0.15) is 5.75 Å². The number of amides is 1. The molecule has 2 heterocycles. The van der Waals surface area contributed by atoms with Gasteiger partial charge >= 0.3 is 0 Å². The van der Waals surface area contributed by atoms with Gasteiger partial charge < -0.3 is 19.3 Å². The summed E-state index contributed by atoms with van der Waals surface area (Å²) in [6.45, 7) is 7.18. The number of fused-ring (bicyclic) bond motifs is 1. The van der Waals surface area contributed by atoms with Gasteiger partial charge in [-0.15, -0.1) is 0 Å². The number of likely N-dealkylation sites (tertiary alicyclic amines) is 1. The number of piperidine rings is 1. The third-order valence-corrected chi connectivity index (χ3v) is 4.96. The molecule has 2 atom stereocenters. The minimum atomic E-state index is 0.104. The fraction of sp³-hybridized carbons (Fsp3) is 0.611. The Balaban J connectivity index is 1.87. The molecule has 23 heavy (non-hydrogen) atoms. The topological polar surface area (TPSA) is 42.0 Å². The molecule has 0 aliphatic carbocycles. The number of ether oxygens (including phenoxy) is 2. The number of hydrogen-bond donors (Lipinski definition) is 0. The fourth-order valence-corrected chi connectivity index (χ4v) is 3.84. The van der Waals surface area contributed by atoms with Crippen molar-refractivity contribution >= 4 is 5.91 Å². The van der Waals surface area contributed by atoms with Crippen LogP contribution >= 0.6 is 0 Å². The van der Waals surface area contributed by atoms with E-state index in [0.29, 0.717) is 13.2 Å². The maximum atomic E-state index is 13.1. The van der Waals surface area contributed by atoms with Gasteiger partial charge in [0.2, 0.25) is 0 Å². The molecule has 0 saturated carbocycles. The van der Waals surface area contributed by atoms with Gasteiger partial charge in [0.05, 0.1) is 25.9 Å². The Morgan fingerprint density at radius 3 is 2.61 bits per heavy atom. The maximum absolute atomic E-state index is 13.1. The summed E-state index contributed by atoms with van der Waals surface area (Å²) in [6, 6.07) is 4.02. The summed E-state index contributed by atoms with van der Waals surface area (Å²) in [5.74, 6) is 0.964. The molecule has 2 aliphatic heterocycles. The Kier molecular flexibility index (Phi) is 4.60. The predicted molar refractivity (Wildman–Crippen MR) is 89.1 cm³/mol. The van der Waals surface area contributed by atoms with E-state index in [2.05, 4.69) is 11.9 Å². The van der Waals surface area contributed by atoms with E-state index in [0.717, 1.165) is 42.0 Å². The van der Waals surface area contributed by atoms with Crippen LogP contribution < -0.4 is 4.74 Å². The first-order valence-corrected chi connectivity index (χ1v) is 8.27. The molecular formula is C18H26N2O3. The predicted octanol–water partition coefficient (Wildman–Crippen LogP) is 1.86. The first kappa shape index (κ1) is 16.3. The minimum absolute atomic E-state index is 0.104. The number of nitrogens with zero attached hydrogens (tertiary/aromatic N) is 2. The molecule has 2 unspecified atom stereocenters. The van der Waals surface area contributed by atoms with Crippen LogP contribution in [0.5, 0.6) is 5.75 Å². The van der Waals surface area contributed by atoms with Crippen LogP contribution in [0.25, 0.3) is 0 Å². The lowest BCUT2D eigenvalue weighted by atomic mass is 9.97. The summed E-state index contributed by atoms with van der Waals surface area (Å²) in [6.07, 6.45) is 1.16. The van der Waals surface area contributed by atoms with Crippen molar-refractivity contribution in [2.24, 2.45) is 0 Å². The average molecular weight is 318 g/mol. The van der Waals surface area contributed by atoms with Crippen LogP contribution in [-0.2, 0) is 4.74 Å². The van der Waals surface area contributed by atoms with Crippen LogP contribution in [0.3, 0.4) is 0 Å². The lowest BCUT2D eigenvalue weighted by Crippen LogP contribution is -2.60. The van der Waals surface area contributed by atoms with E-state index in [-0.39, 0.29) is 18.1 Å². The van der Waals surface area contributed by atoms with Crippen LogP contribution in [0.2, 0.25) is 0 Å². The van der Waals surface area contributed by atoms with Crippen molar-refractivity contribution in [2.75, 3.05) is 40.4 Å². The van der Waals surface area contributed by atoms with Gasteiger partial charge in [0.15, 0.2) is 0 Å². The number of morpholine rings is 1. The van der Waals surface area contributed by atoms with Crippen molar-refractivity contribution in [3.05, 3.63) is 28.8 Å². The van der Waals surface area contributed by atoms with E-state index in [4.69, 9.17) is 9.47 Å². The number of methoxy groups -OCH3 is 1. The Morgan fingerprint density at radius 2 is 1.96 bits per heavy atom. The van der Waals surface area contributed by atoms with Gasteiger partial charge in [0.25, 0.3) is 5.91 Å². The van der Waals surface area contributed by atoms with E-state index in [1.807, 2.05) is 30.9 Å². The first-order valence-electron chi connectivity index (χ1n) is 8.27. The van der Waals surface area contributed by atoms with Gasteiger partial charge in [-0.3, -0.25) is 4.79 Å². The molecule has 126 valence electrons. The van der Waals surface area contributed by atoms with E-state index < -0.39 is 0 Å². The molecule has 1 amide bonds. The van der Waals surface area contributed by atoms with Crippen molar-refractivity contribution in [2.45, 2.75) is 32.4 Å². The zero-order valence-electron chi connectivity index (χ0n) is 14.5. The summed E-state index contributed by atoms with van der Waals surface area (Å²) in [7, 11) is 3.77. The normalized spacial score (nSPS) is 25.1. The molecule has 2 saturated heterocycles. The highest BCUT2D eigenvalue weighted by Gasteiger charge is 2.38. The molecule has 3 rings (SSSR count). The van der Waals surface area contributed by atoms with Crippen molar-refractivity contribution in [1.82, 2.24) is 9.80 Å². The molecule has 0 spiro atoms. The van der Waals surface area contributed by atoms with Gasteiger partial charge in [0, 0.05) is 25.2 Å². The number of hydrogen-bond acceptors (Lipinski definition) is 4. The van der Waals surface area contributed by atoms with Gasteiger partial charge in [-0.25, -0.2) is 0 Å². The molecule has 5 nitrogen and oxygen atoms in total. The molecule has 5 heteroatoms. The largest absolute Gasteiger partial charge is 0.496 e. The van der Waals surface area contributed by atoms with Gasteiger partial charge in [-0.2, -0.15) is 0 Å². The number of aryl methyl sites for hydroxylation is 2. The van der Waals surface area contributed by atoms with Crippen molar-refractivity contribution < 1.29 is 14.3 Å². The average Bonchev–Trinajstić information content (AvgIpc) is 2.53. The SMILES string of the molecule is COc1c(C)cc(C(=O)N2CCOC3CCN(C)CC32)cc1C. The van der Waals surface area contributed by atoms with Crippen molar-refractivity contribution in [3.63, 3.8) is 0 Å². The lowest BCUT2D eigenvalue weighted by molar-refractivity contribution is -0.0869. The number of rotatable bonds is 2. The summed E-state index contributed by atoms with van der Waals surface area (Å²) >= 11 is 0. The summed E-state index contributed by atoms with van der Waals surface area (Å²) in [5, 5.41) is 0. The van der Waals surface area contributed by atoms with Crippen LogP contribution in [0.1, 0.15) is 27.9 Å². The molecule has 0 N–H and O–H groups in total. The summed E-state index contributed by atoms with van der Waals surface area (Å²) < 4.78 is 11.3. The Hall–Kier alpha value is -1.59. The second-order valence-corrected chi connectivity index (χ2v) is 6.67. The highest BCUT2D eigenvalue weighted by atomic mass is 16.5. The van der Waals surface area contributed by atoms with Crippen LogP contribution in [0, 0.1) is 13.8 Å². The highest BCUT2D eigenvalue weighted by Crippen LogP contribution is 2.28. The standard InChI is InChI=1S/C18H26N2O3/c1-12-9-14(10-13(2)17(12)22-4)18(21)20-7-8-23-16-5-6-19(3)11-15(16)20/h9-10,15-16H,5-8,11H2,1-4H3. The van der Waals surface area contributed by atoms with Gasteiger partial charge in [-0.1, -0.05) is 0 Å². The minimum Gasteiger partial charge on any atom is -0.496 e. The second kappa shape index (κ2) is 6.49. The molecular weight excluding hydrogens is 292 g/mol. The molecule has 2 aliphatic rings. The molecule has 0 bridgehead atoms. The maximum Gasteiger partial charge on any atom is 0.254 e. The van der Waals surface area contributed by atoms with Crippen molar-refractivity contribution in [1.29, 1.82) is 0 Å². The number of carbonyl (C=O) groups is 1. The van der Waals surface area contributed by atoms with Crippen LogP contribution in [0.4, 0.5) is 0 Å². The fourth-order valence-electron chi connectivity index (χ4n) is 3.84. The monoisotopic (exact) mass is 318 g/mol. The molecule has 0 aromatic heterocycles. The van der Waals surface area contributed by atoms with E-state index in [9.17, 15) is 4.79 Å². The molecule has 1 aromatic carbocycles. The Bertz CT molecular complexity index is 579. The van der Waals surface area contributed by atoms with E-state index >= 15 is 0 Å². The molecule has 0 radical (unpaired) electrons. The molecule has 1 aromatic rings. The van der Waals surface area contributed by atoms with Crippen LogP contribution in [0.15, 0.2) is 12.1 Å². The van der Waals surface area contributed by atoms with Crippen LogP contribution in [-0.4, -0.2) is 68.3 Å². The number of likely N-dealkylation sites (N-methyl/N-ethyl adjacent to an activating group) is 1. The lowest BCUT2D eigenvalue weighted by Gasteiger charge is -2.46.